The van der Waals surface area contributed by atoms with E-state index in [4.69, 9.17) is 0 Å². The van der Waals surface area contributed by atoms with Gasteiger partial charge in [-0.2, -0.15) is 0 Å². The van der Waals surface area contributed by atoms with Crippen LogP contribution in [0.15, 0.2) is 121 Å². The Morgan fingerprint density at radius 3 is 1.15 bits per heavy atom. The standard InChI is InChI=1S/C33H36.ClH/c1-26(27-18-10-6-11-19-27)33(29-22-14-8-15-23-29,30-24-16-9-17-25-30)32(5,31(2,3)4)28-20-12-7-13-21-28;/h6-26H,1-5H3;1H/t26-,32+;/m0./s1. The van der Waals surface area contributed by atoms with Gasteiger partial charge in [0.1, 0.15) is 0 Å². The van der Waals surface area contributed by atoms with Crippen LogP contribution in [0.2, 0.25) is 0 Å². The molecule has 0 heterocycles. The second-order valence-electron chi connectivity index (χ2n) is 10.4. The Kier molecular flexibility index (Phi) is 7.74. The molecule has 4 rings (SSSR count). The van der Waals surface area contributed by atoms with E-state index < -0.39 is 0 Å². The molecule has 2 atom stereocenters. The fraction of sp³-hybridized carbons (Fsp3) is 0.273. The zero-order valence-electron chi connectivity index (χ0n) is 21.0. The number of hydrogen-bond acceptors (Lipinski definition) is 0. The van der Waals surface area contributed by atoms with Gasteiger partial charge < -0.3 is 0 Å². The minimum absolute atomic E-state index is 0. The van der Waals surface area contributed by atoms with E-state index in [1.54, 1.807) is 0 Å². The van der Waals surface area contributed by atoms with Crippen LogP contribution in [0.3, 0.4) is 0 Å². The summed E-state index contributed by atoms with van der Waals surface area (Å²) in [5.41, 5.74) is 4.87. The molecule has 0 aliphatic carbocycles. The van der Waals surface area contributed by atoms with Gasteiger partial charge in [0.2, 0.25) is 0 Å². The number of benzene rings is 4. The minimum Gasteiger partial charge on any atom is -0.147 e. The van der Waals surface area contributed by atoms with Crippen LogP contribution in [0.25, 0.3) is 0 Å². The fourth-order valence-corrected chi connectivity index (χ4v) is 6.09. The molecule has 0 aliphatic rings. The van der Waals surface area contributed by atoms with Gasteiger partial charge in [-0.15, -0.1) is 12.4 Å². The van der Waals surface area contributed by atoms with E-state index in [2.05, 4.69) is 156 Å². The van der Waals surface area contributed by atoms with Crippen LogP contribution < -0.4 is 0 Å². The summed E-state index contributed by atoms with van der Waals surface area (Å²) in [6, 6.07) is 44.5. The third kappa shape index (κ3) is 4.10. The van der Waals surface area contributed by atoms with Crippen molar-refractivity contribution < 1.29 is 0 Å². The van der Waals surface area contributed by atoms with Crippen LogP contribution in [0.4, 0.5) is 0 Å². The van der Waals surface area contributed by atoms with Crippen LogP contribution >= 0.6 is 12.4 Å². The van der Waals surface area contributed by atoms with Crippen molar-refractivity contribution in [2.75, 3.05) is 0 Å². The number of rotatable bonds is 6. The Morgan fingerprint density at radius 2 is 0.794 bits per heavy atom. The lowest BCUT2D eigenvalue weighted by Crippen LogP contribution is -2.58. The monoisotopic (exact) mass is 468 g/mol. The van der Waals surface area contributed by atoms with Gasteiger partial charge in [-0.05, 0) is 33.6 Å². The van der Waals surface area contributed by atoms with E-state index in [1.165, 1.54) is 22.3 Å². The van der Waals surface area contributed by atoms with Crippen LogP contribution in [0.5, 0.6) is 0 Å². The maximum absolute atomic E-state index is 2.49. The first-order chi connectivity index (χ1) is 15.8. The average molecular weight is 469 g/mol. The highest BCUT2D eigenvalue weighted by atomic mass is 35.5. The highest BCUT2D eigenvalue weighted by Gasteiger charge is 2.59. The molecule has 34 heavy (non-hydrogen) atoms. The molecule has 0 N–H and O–H groups in total. The van der Waals surface area contributed by atoms with Crippen LogP contribution in [-0.2, 0) is 10.8 Å². The van der Waals surface area contributed by atoms with Crippen LogP contribution in [0.1, 0.15) is 62.8 Å². The smallest absolute Gasteiger partial charge is 0.0367 e. The first-order valence-corrected chi connectivity index (χ1v) is 12.0. The lowest BCUT2D eigenvalue weighted by molar-refractivity contribution is 0.0971. The molecule has 0 amide bonds. The van der Waals surface area contributed by atoms with E-state index >= 15 is 0 Å². The fourth-order valence-electron chi connectivity index (χ4n) is 6.09. The van der Waals surface area contributed by atoms with Crippen molar-refractivity contribution in [3.8, 4) is 0 Å². The van der Waals surface area contributed by atoms with Gasteiger partial charge in [-0.1, -0.05) is 156 Å². The van der Waals surface area contributed by atoms with E-state index in [-0.39, 0.29) is 34.6 Å². The minimum atomic E-state index is -0.309. The lowest BCUT2D eigenvalue weighted by Gasteiger charge is -2.60. The Hall–Kier alpha value is -2.83. The van der Waals surface area contributed by atoms with Gasteiger partial charge in [0.05, 0.1) is 0 Å². The largest absolute Gasteiger partial charge is 0.147 e. The highest BCUT2D eigenvalue weighted by molar-refractivity contribution is 5.85. The Balaban J connectivity index is 0.00000324. The normalized spacial score (nSPS) is 14.5. The maximum Gasteiger partial charge on any atom is 0.0367 e. The second kappa shape index (κ2) is 10.2. The van der Waals surface area contributed by atoms with Gasteiger partial charge in [0.15, 0.2) is 0 Å². The zero-order chi connectivity index (χ0) is 23.5. The molecule has 0 nitrogen and oxygen atoms in total. The molecule has 4 aromatic carbocycles. The van der Waals surface area contributed by atoms with E-state index in [0.717, 1.165) is 0 Å². The van der Waals surface area contributed by atoms with E-state index in [0.29, 0.717) is 0 Å². The topological polar surface area (TPSA) is 0 Å². The molecule has 0 aromatic heterocycles. The van der Waals surface area contributed by atoms with Gasteiger partial charge in [-0.25, -0.2) is 0 Å². The molecule has 0 radical (unpaired) electrons. The zero-order valence-corrected chi connectivity index (χ0v) is 21.8. The molecule has 0 unspecified atom stereocenters. The Morgan fingerprint density at radius 1 is 0.471 bits per heavy atom. The first-order valence-electron chi connectivity index (χ1n) is 12.0. The van der Waals surface area contributed by atoms with Crippen molar-refractivity contribution in [1.82, 2.24) is 0 Å². The maximum atomic E-state index is 2.49. The number of halogens is 1. The molecule has 4 aromatic rings. The van der Waals surface area contributed by atoms with Gasteiger partial charge in [-0.3, -0.25) is 0 Å². The van der Waals surface area contributed by atoms with Gasteiger partial charge >= 0.3 is 0 Å². The SMILES string of the molecule is C[C@@H](c1ccccc1)C(c1ccccc1)(c1ccccc1)[C@](C)(c1ccccc1)C(C)(C)C.Cl. The van der Waals surface area contributed by atoms with Gasteiger partial charge in [0.25, 0.3) is 0 Å². The molecule has 1 heteroatoms. The van der Waals surface area contributed by atoms with Crippen molar-refractivity contribution in [3.05, 3.63) is 144 Å². The van der Waals surface area contributed by atoms with Crippen molar-refractivity contribution in [1.29, 1.82) is 0 Å². The highest BCUT2D eigenvalue weighted by Crippen LogP contribution is 2.62. The molecule has 0 fully saturated rings. The van der Waals surface area contributed by atoms with Crippen molar-refractivity contribution in [3.63, 3.8) is 0 Å². The summed E-state index contributed by atoms with van der Waals surface area (Å²) >= 11 is 0. The summed E-state index contributed by atoms with van der Waals surface area (Å²) in [6.07, 6.45) is 0. The Labute approximate surface area is 212 Å². The first kappa shape index (κ1) is 25.8. The molecular weight excluding hydrogens is 432 g/mol. The molecule has 0 spiro atoms. The third-order valence-corrected chi connectivity index (χ3v) is 8.05. The quantitative estimate of drug-likeness (QED) is 0.264. The van der Waals surface area contributed by atoms with E-state index in [9.17, 15) is 0 Å². The lowest BCUT2D eigenvalue weighted by atomic mass is 9.43. The molecule has 176 valence electrons. The summed E-state index contributed by atoms with van der Waals surface area (Å²) in [7, 11) is 0. The van der Waals surface area contributed by atoms with Gasteiger partial charge in [0, 0.05) is 10.8 Å². The van der Waals surface area contributed by atoms with Crippen molar-refractivity contribution >= 4 is 12.4 Å². The summed E-state index contributed by atoms with van der Waals surface area (Å²) in [5.74, 6) is 0.230. The molecular formula is C33H37Cl. The van der Waals surface area contributed by atoms with Crippen LogP contribution in [0, 0.1) is 5.41 Å². The predicted molar refractivity (Wildman–Crippen MR) is 149 cm³/mol. The van der Waals surface area contributed by atoms with Crippen molar-refractivity contribution in [2.45, 2.75) is 51.4 Å². The Bertz CT molecular complexity index is 1110. The predicted octanol–water partition coefficient (Wildman–Crippen LogP) is 9.20. The average Bonchev–Trinajstić information content (AvgIpc) is 2.86. The molecule has 0 saturated heterocycles. The summed E-state index contributed by atoms with van der Waals surface area (Å²) in [6.45, 7) is 12.1. The van der Waals surface area contributed by atoms with Crippen molar-refractivity contribution in [2.24, 2.45) is 5.41 Å². The summed E-state index contributed by atoms with van der Waals surface area (Å²) < 4.78 is 0. The molecule has 0 aliphatic heterocycles. The summed E-state index contributed by atoms with van der Waals surface area (Å²) in [4.78, 5) is 0. The summed E-state index contributed by atoms with van der Waals surface area (Å²) in [5, 5.41) is 0. The molecule has 0 bridgehead atoms. The van der Waals surface area contributed by atoms with Crippen LogP contribution in [-0.4, -0.2) is 0 Å². The number of hydrogen-bond donors (Lipinski definition) is 0. The third-order valence-electron chi connectivity index (χ3n) is 8.05. The van der Waals surface area contributed by atoms with E-state index in [1.807, 2.05) is 0 Å². The second-order valence-corrected chi connectivity index (χ2v) is 10.4. The molecule has 0 saturated carbocycles.